The number of hydrogen-bond donors (Lipinski definition) is 3. The molecule has 0 unspecified atom stereocenters. The van der Waals surface area contributed by atoms with Crippen molar-refractivity contribution in [1.29, 1.82) is 0 Å². The number of allylic oxidation sites excluding steroid dienone is 1. The average Bonchev–Trinajstić information content (AvgIpc) is 3.23. The molecular formula is C25H38N2O4+2. The van der Waals surface area contributed by atoms with E-state index in [4.69, 9.17) is 14.2 Å². The molecule has 0 amide bonds. The second kappa shape index (κ2) is 8.74. The van der Waals surface area contributed by atoms with E-state index in [0.717, 1.165) is 56.7 Å². The first-order valence-corrected chi connectivity index (χ1v) is 12.0. The van der Waals surface area contributed by atoms with Crippen LogP contribution < -0.4 is 19.3 Å². The van der Waals surface area contributed by atoms with Crippen LogP contribution >= 0.6 is 0 Å². The lowest BCUT2D eigenvalue weighted by Crippen LogP contribution is -3.28. The van der Waals surface area contributed by atoms with Crippen molar-refractivity contribution < 1.29 is 29.1 Å². The summed E-state index contributed by atoms with van der Waals surface area (Å²) < 4.78 is 16.8. The third kappa shape index (κ3) is 4.49. The minimum atomic E-state index is -0.378. The lowest BCUT2D eigenvalue weighted by molar-refractivity contribution is -1.02. The molecule has 2 heterocycles. The highest BCUT2D eigenvalue weighted by Crippen LogP contribution is 2.59. The van der Waals surface area contributed by atoms with E-state index in [9.17, 15) is 5.11 Å². The molecule has 0 aromatic heterocycles. The highest BCUT2D eigenvalue weighted by atomic mass is 16.7. The molecule has 2 aliphatic heterocycles. The molecule has 2 fully saturated rings. The first-order chi connectivity index (χ1) is 15.0. The van der Waals surface area contributed by atoms with Crippen LogP contribution in [-0.4, -0.2) is 63.9 Å². The van der Waals surface area contributed by atoms with E-state index in [0.29, 0.717) is 31.3 Å². The van der Waals surface area contributed by atoms with E-state index in [1.54, 1.807) is 4.90 Å². The maximum Gasteiger partial charge on any atom is 0.231 e. The van der Waals surface area contributed by atoms with Gasteiger partial charge in [-0.3, -0.25) is 0 Å². The number of hydrogen-bond acceptors (Lipinski definition) is 4. The third-order valence-electron chi connectivity index (χ3n) is 8.24. The van der Waals surface area contributed by atoms with Crippen LogP contribution in [0.15, 0.2) is 29.8 Å². The number of aliphatic hydroxyl groups excluding tert-OH is 1. The number of ether oxygens (including phenoxy) is 3. The molecule has 3 aliphatic carbocycles. The number of fused-ring (bicyclic) bond motifs is 2. The van der Waals surface area contributed by atoms with Gasteiger partial charge in [0.2, 0.25) is 6.79 Å². The zero-order valence-corrected chi connectivity index (χ0v) is 19.0. The van der Waals surface area contributed by atoms with Crippen LogP contribution in [0.5, 0.6) is 11.5 Å². The van der Waals surface area contributed by atoms with Crippen LogP contribution in [0.4, 0.5) is 0 Å². The Bertz CT molecular complexity index is 816. The average molecular weight is 431 g/mol. The summed E-state index contributed by atoms with van der Waals surface area (Å²) in [6.45, 7) is 12.5. The van der Waals surface area contributed by atoms with Crippen molar-refractivity contribution in [3.05, 3.63) is 35.4 Å². The second-order valence-electron chi connectivity index (χ2n) is 10.6. The second-order valence-corrected chi connectivity index (χ2v) is 10.6. The van der Waals surface area contributed by atoms with E-state index < -0.39 is 0 Å². The topological polar surface area (TPSA) is 56.8 Å². The number of piperazine rings is 1. The summed E-state index contributed by atoms with van der Waals surface area (Å²) >= 11 is 0. The number of nitrogens with one attached hydrogen (secondary N) is 2. The molecule has 1 saturated carbocycles. The fourth-order valence-corrected chi connectivity index (χ4v) is 6.02. The minimum absolute atomic E-state index is 0.330. The molecule has 6 rings (SSSR count). The molecule has 1 saturated heterocycles. The van der Waals surface area contributed by atoms with Crippen LogP contribution in [0.2, 0.25) is 0 Å². The predicted molar refractivity (Wildman–Crippen MR) is 117 cm³/mol. The van der Waals surface area contributed by atoms with Gasteiger partial charge in [-0.2, -0.15) is 0 Å². The maximum absolute atomic E-state index is 10.5. The summed E-state index contributed by atoms with van der Waals surface area (Å²) in [4.78, 5) is 3.09. The predicted octanol–water partition coefficient (Wildman–Crippen LogP) is 0.0686. The molecule has 0 spiro atoms. The van der Waals surface area contributed by atoms with Gasteiger partial charge in [0.05, 0.1) is 13.2 Å². The van der Waals surface area contributed by atoms with Gasteiger partial charge in [0.25, 0.3) is 0 Å². The molecule has 1 aromatic rings. The standard InChI is InChI=1S/C25H36N2O4/c1-25(2)20-5-4-19(22(25)12-20)15-29-16-21(28)14-27-9-7-26(8-10-27)13-18-3-6-23-24(11-18)31-17-30-23/h3-4,6,11,20-22,28H,5,7-10,12-17H2,1-2H3/p+2/t20-,21-,22-/m1/s1. The molecule has 31 heavy (non-hydrogen) atoms. The van der Waals surface area contributed by atoms with Crippen molar-refractivity contribution in [2.24, 2.45) is 17.3 Å². The van der Waals surface area contributed by atoms with Gasteiger partial charge in [0.1, 0.15) is 45.4 Å². The van der Waals surface area contributed by atoms with Crippen LogP contribution in [0.3, 0.4) is 0 Å². The summed E-state index contributed by atoms with van der Waals surface area (Å²) in [6, 6.07) is 6.28. The molecule has 6 nitrogen and oxygen atoms in total. The normalized spacial score (nSPS) is 31.6. The Labute approximate surface area is 185 Å². The quantitative estimate of drug-likeness (QED) is 0.511. The SMILES string of the molecule is CC1(C)[C@@H]2CC=C(COC[C@H](O)C[NH+]3CC[NH+](Cc4ccc5c(c4)OCO5)CC3)[C@H]1C2. The summed E-state index contributed by atoms with van der Waals surface area (Å²) in [6.07, 6.45) is 4.54. The molecule has 2 bridgehead atoms. The lowest BCUT2D eigenvalue weighted by Gasteiger charge is -2.56. The van der Waals surface area contributed by atoms with Gasteiger partial charge in [0, 0.05) is 5.56 Å². The van der Waals surface area contributed by atoms with E-state index >= 15 is 0 Å². The smallest absolute Gasteiger partial charge is 0.231 e. The highest BCUT2D eigenvalue weighted by molar-refractivity contribution is 5.44. The number of aliphatic hydroxyl groups is 1. The molecule has 170 valence electrons. The summed E-state index contributed by atoms with van der Waals surface area (Å²) in [5.41, 5.74) is 3.21. The van der Waals surface area contributed by atoms with Gasteiger partial charge in [-0.05, 0) is 53.9 Å². The minimum Gasteiger partial charge on any atom is -0.454 e. The van der Waals surface area contributed by atoms with Crippen molar-refractivity contribution in [1.82, 2.24) is 0 Å². The summed E-state index contributed by atoms with van der Waals surface area (Å²) in [7, 11) is 0. The fraction of sp³-hybridized carbons (Fsp3) is 0.680. The van der Waals surface area contributed by atoms with E-state index in [-0.39, 0.29) is 6.10 Å². The fourth-order valence-electron chi connectivity index (χ4n) is 6.02. The number of quaternary nitrogens is 2. The maximum atomic E-state index is 10.5. The molecule has 5 aliphatic rings. The van der Waals surface area contributed by atoms with E-state index in [1.165, 1.54) is 28.9 Å². The Morgan fingerprint density at radius 3 is 2.68 bits per heavy atom. The van der Waals surface area contributed by atoms with Gasteiger partial charge in [-0.15, -0.1) is 0 Å². The van der Waals surface area contributed by atoms with Gasteiger partial charge >= 0.3 is 0 Å². The molecule has 6 heteroatoms. The molecular weight excluding hydrogens is 392 g/mol. The highest BCUT2D eigenvalue weighted by Gasteiger charge is 2.51. The Morgan fingerprint density at radius 2 is 1.90 bits per heavy atom. The number of rotatable bonds is 8. The van der Waals surface area contributed by atoms with Crippen LogP contribution in [0.1, 0.15) is 32.3 Å². The largest absolute Gasteiger partial charge is 0.454 e. The van der Waals surface area contributed by atoms with Crippen LogP contribution in [0, 0.1) is 17.3 Å². The summed E-state index contributed by atoms with van der Waals surface area (Å²) in [5.74, 6) is 3.27. The lowest BCUT2D eigenvalue weighted by atomic mass is 9.49. The van der Waals surface area contributed by atoms with Crippen LogP contribution in [-0.2, 0) is 11.3 Å². The Morgan fingerprint density at radius 1 is 1.13 bits per heavy atom. The van der Waals surface area contributed by atoms with Crippen molar-refractivity contribution in [2.45, 2.75) is 39.3 Å². The molecule has 3 N–H and O–H groups in total. The van der Waals surface area contributed by atoms with Crippen LogP contribution in [0.25, 0.3) is 0 Å². The zero-order valence-electron chi connectivity index (χ0n) is 19.0. The van der Waals surface area contributed by atoms with Crippen molar-refractivity contribution in [3.8, 4) is 11.5 Å². The first-order valence-electron chi connectivity index (χ1n) is 12.0. The zero-order chi connectivity index (χ0) is 21.4. The van der Waals surface area contributed by atoms with Gasteiger partial charge in [-0.25, -0.2) is 0 Å². The summed E-state index contributed by atoms with van der Waals surface area (Å²) in [5, 5.41) is 10.5. The monoisotopic (exact) mass is 430 g/mol. The molecule has 1 aromatic carbocycles. The number of benzene rings is 1. The van der Waals surface area contributed by atoms with E-state index in [1.807, 2.05) is 6.07 Å². The first kappa shape index (κ1) is 21.3. The van der Waals surface area contributed by atoms with Crippen molar-refractivity contribution in [3.63, 3.8) is 0 Å². The van der Waals surface area contributed by atoms with Crippen molar-refractivity contribution in [2.75, 3.05) is 52.7 Å². The Balaban J connectivity index is 1.00. The molecule has 0 radical (unpaired) electrons. The van der Waals surface area contributed by atoms with Gasteiger partial charge in [0.15, 0.2) is 11.5 Å². The Kier molecular flexibility index (Phi) is 5.99. The van der Waals surface area contributed by atoms with E-state index in [2.05, 4.69) is 32.1 Å². The van der Waals surface area contributed by atoms with Crippen molar-refractivity contribution >= 4 is 0 Å². The third-order valence-corrected chi connectivity index (χ3v) is 8.24. The van der Waals surface area contributed by atoms with Gasteiger partial charge in [-0.1, -0.05) is 19.9 Å². The Hall–Kier alpha value is -1.60. The van der Waals surface area contributed by atoms with Gasteiger partial charge < -0.3 is 29.1 Å². The molecule has 3 atom stereocenters.